The fraction of sp³-hybridized carbons (Fsp3) is 0.500. The van der Waals surface area contributed by atoms with Gasteiger partial charge in [0, 0.05) is 19.6 Å². The van der Waals surface area contributed by atoms with Crippen LogP contribution in [0.3, 0.4) is 0 Å². The van der Waals surface area contributed by atoms with Gasteiger partial charge in [0.05, 0.1) is 23.3 Å². The highest BCUT2D eigenvalue weighted by Gasteiger charge is 2.21. The zero-order chi connectivity index (χ0) is 15.5. The van der Waals surface area contributed by atoms with Gasteiger partial charge < -0.3 is 19.7 Å². The van der Waals surface area contributed by atoms with Crippen LogP contribution in [0.4, 0.5) is 0 Å². The summed E-state index contributed by atoms with van der Waals surface area (Å²) in [5.74, 6) is 0.708. The molecule has 0 aliphatic carbocycles. The largest absolute Gasteiger partial charge is 0.490 e. The average molecular weight is 303 g/mol. The maximum atomic E-state index is 11.8. The number of hydrogen-bond donors (Lipinski definition) is 2. The third-order valence-electron chi connectivity index (χ3n) is 3.97. The first kappa shape index (κ1) is 15.0. The van der Waals surface area contributed by atoms with E-state index in [4.69, 9.17) is 4.74 Å². The van der Waals surface area contributed by atoms with E-state index in [2.05, 4.69) is 14.9 Å². The summed E-state index contributed by atoms with van der Waals surface area (Å²) in [4.78, 5) is 20.7. The van der Waals surface area contributed by atoms with E-state index in [1.165, 1.54) is 6.33 Å². The lowest BCUT2D eigenvalue weighted by molar-refractivity contribution is 0.0674. The fourth-order valence-electron chi connectivity index (χ4n) is 2.90. The number of fused-ring (bicyclic) bond motifs is 1. The molecule has 1 saturated heterocycles. The molecule has 118 valence electrons. The number of rotatable bonds is 4. The highest BCUT2D eigenvalue weighted by atomic mass is 16.5. The summed E-state index contributed by atoms with van der Waals surface area (Å²) in [6, 6.07) is 5.42. The standard InChI is InChI=1S/C16H21N3O3/c1-11(20)9-19-6-4-12(5-7-19)22-13-2-3-15-14(8-13)16(21)18-10-17-15/h2-3,8,10-12,20H,4-7,9H2,1H3,(H,17,18,21)/t11-/m0/s1. The van der Waals surface area contributed by atoms with E-state index in [1.54, 1.807) is 6.07 Å². The summed E-state index contributed by atoms with van der Waals surface area (Å²) in [5, 5.41) is 9.97. The smallest absolute Gasteiger partial charge is 0.258 e. The van der Waals surface area contributed by atoms with Crippen LogP contribution in [0.1, 0.15) is 19.8 Å². The van der Waals surface area contributed by atoms with Crippen LogP contribution in [-0.2, 0) is 0 Å². The molecule has 0 unspecified atom stereocenters. The predicted molar refractivity (Wildman–Crippen MR) is 84.1 cm³/mol. The van der Waals surface area contributed by atoms with Crippen LogP contribution in [0, 0.1) is 0 Å². The highest BCUT2D eigenvalue weighted by Crippen LogP contribution is 2.21. The molecule has 1 fully saturated rings. The molecular weight excluding hydrogens is 282 g/mol. The second-order valence-electron chi connectivity index (χ2n) is 5.88. The zero-order valence-electron chi connectivity index (χ0n) is 12.7. The van der Waals surface area contributed by atoms with Crippen molar-refractivity contribution in [2.75, 3.05) is 19.6 Å². The van der Waals surface area contributed by atoms with Gasteiger partial charge in [-0.2, -0.15) is 0 Å². The molecule has 2 aromatic rings. The van der Waals surface area contributed by atoms with Crippen molar-refractivity contribution in [1.29, 1.82) is 0 Å². The summed E-state index contributed by atoms with van der Waals surface area (Å²) < 4.78 is 6.00. The maximum absolute atomic E-state index is 11.8. The number of aromatic nitrogens is 2. The van der Waals surface area contributed by atoms with E-state index in [1.807, 2.05) is 19.1 Å². The lowest BCUT2D eigenvalue weighted by Crippen LogP contribution is -2.41. The van der Waals surface area contributed by atoms with Crippen molar-refractivity contribution >= 4 is 10.9 Å². The molecule has 0 saturated carbocycles. The molecule has 0 bridgehead atoms. The third-order valence-corrected chi connectivity index (χ3v) is 3.97. The minimum absolute atomic E-state index is 0.151. The van der Waals surface area contributed by atoms with E-state index >= 15 is 0 Å². The summed E-state index contributed by atoms with van der Waals surface area (Å²) in [5.41, 5.74) is 0.519. The minimum Gasteiger partial charge on any atom is -0.490 e. The first-order chi connectivity index (χ1) is 10.6. The molecule has 1 aromatic carbocycles. The molecule has 1 atom stereocenters. The van der Waals surface area contributed by atoms with E-state index in [0.717, 1.165) is 25.9 Å². The van der Waals surface area contributed by atoms with Crippen molar-refractivity contribution in [3.8, 4) is 5.75 Å². The maximum Gasteiger partial charge on any atom is 0.258 e. The van der Waals surface area contributed by atoms with Gasteiger partial charge in [-0.05, 0) is 38.0 Å². The van der Waals surface area contributed by atoms with E-state index in [0.29, 0.717) is 23.2 Å². The molecule has 2 heterocycles. The number of H-pyrrole nitrogens is 1. The van der Waals surface area contributed by atoms with Gasteiger partial charge in [-0.3, -0.25) is 4.79 Å². The van der Waals surface area contributed by atoms with Crippen molar-refractivity contribution in [3.63, 3.8) is 0 Å². The lowest BCUT2D eigenvalue weighted by Gasteiger charge is -2.32. The number of nitrogens with zero attached hydrogens (tertiary/aromatic N) is 2. The van der Waals surface area contributed by atoms with E-state index in [-0.39, 0.29) is 17.8 Å². The van der Waals surface area contributed by atoms with Gasteiger partial charge in [0.2, 0.25) is 0 Å². The average Bonchev–Trinajstić information content (AvgIpc) is 2.50. The van der Waals surface area contributed by atoms with Crippen LogP contribution in [0.5, 0.6) is 5.75 Å². The van der Waals surface area contributed by atoms with Gasteiger partial charge >= 0.3 is 0 Å². The lowest BCUT2D eigenvalue weighted by atomic mass is 10.1. The number of nitrogens with one attached hydrogen (secondary N) is 1. The van der Waals surface area contributed by atoms with Crippen LogP contribution in [-0.4, -0.2) is 51.8 Å². The van der Waals surface area contributed by atoms with E-state index < -0.39 is 0 Å². The molecule has 3 rings (SSSR count). The summed E-state index contributed by atoms with van der Waals surface area (Å²) in [7, 11) is 0. The Labute approximate surface area is 128 Å². The molecule has 1 aliphatic heterocycles. The topological polar surface area (TPSA) is 78.5 Å². The Morgan fingerprint density at radius 1 is 1.45 bits per heavy atom. The Balaban J connectivity index is 1.65. The second-order valence-corrected chi connectivity index (χ2v) is 5.88. The zero-order valence-corrected chi connectivity index (χ0v) is 12.7. The fourth-order valence-corrected chi connectivity index (χ4v) is 2.90. The second kappa shape index (κ2) is 6.46. The number of hydrogen-bond acceptors (Lipinski definition) is 5. The van der Waals surface area contributed by atoms with Crippen molar-refractivity contribution in [2.24, 2.45) is 0 Å². The minimum atomic E-state index is -0.294. The number of likely N-dealkylation sites (tertiary alicyclic amines) is 1. The Bertz CT molecular complexity index is 690. The van der Waals surface area contributed by atoms with Crippen LogP contribution in [0.15, 0.2) is 29.3 Å². The van der Waals surface area contributed by atoms with Gasteiger partial charge in [-0.15, -0.1) is 0 Å². The van der Waals surface area contributed by atoms with Crippen LogP contribution in [0.2, 0.25) is 0 Å². The number of aromatic amines is 1. The molecule has 6 heteroatoms. The number of aliphatic hydroxyl groups excluding tert-OH is 1. The molecule has 1 aliphatic rings. The Hall–Kier alpha value is -1.92. The van der Waals surface area contributed by atoms with Gasteiger partial charge in [0.25, 0.3) is 5.56 Å². The summed E-state index contributed by atoms with van der Waals surface area (Å²) in [6.07, 6.45) is 3.11. The van der Waals surface area contributed by atoms with Gasteiger partial charge in [0.15, 0.2) is 0 Å². The van der Waals surface area contributed by atoms with Gasteiger partial charge in [0.1, 0.15) is 11.9 Å². The first-order valence-electron chi connectivity index (χ1n) is 7.66. The number of aliphatic hydroxyl groups is 1. The van der Waals surface area contributed by atoms with Crippen LogP contribution >= 0.6 is 0 Å². The van der Waals surface area contributed by atoms with Gasteiger partial charge in [-0.1, -0.05) is 0 Å². The predicted octanol–water partition coefficient (Wildman–Crippen LogP) is 1.15. The van der Waals surface area contributed by atoms with E-state index in [9.17, 15) is 9.90 Å². The Morgan fingerprint density at radius 2 is 2.23 bits per heavy atom. The van der Waals surface area contributed by atoms with Gasteiger partial charge in [-0.25, -0.2) is 4.98 Å². The number of β-amino-alcohol motifs (C(OH)–C–C–N with tert-alkyl or cyclic N) is 1. The van der Waals surface area contributed by atoms with Crippen molar-refractivity contribution in [3.05, 3.63) is 34.9 Å². The number of ether oxygens (including phenoxy) is 1. The number of piperidine rings is 1. The molecule has 6 nitrogen and oxygen atoms in total. The normalized spacial score (nSPS) is 18.5. The summed E-state index contributed by atoms with van der Waals surface area (Å²) >= 11 is 0. The Kier molecular flexibility index (Phi) is 4.40. The number of benzene rings is 1. The molecule has 0 spiro atoms. The molecule has 0 radical (unpaired) electrons. The van der Waals surface area contributed by atoms with Crippen molar-refractivity contribution in [1.82, 2.24) is 14.9 Å². The Morgan fingerprint density at radius 3 is 2.95 bits per heavy atom. The summed E-state index contributed by atoms with van der Waals surface area (Å²) in [6.45, 7) is 4.36. The molecule has 0 amide bonds. The molecule has 2 N–H and O–H groups in total. The molecule has 1 aromatic heterocycles. The monoisotopic (exact) mass is 303 g/mol. The molecule has 22 heavy (non-hydrogen) atoms. The van der Waals surface area contributed by atoms with Crippen LogP contribution < -0.4 is 10.3 Å². The van der Waals surface area contributed by atoms with Crippen molar-refractivity contribution in [2.45, 2.75) is 32.0 Å². The SMILES string of the molecule is C[C@H](O)CN1CCC(Oc2ccc3nc[nH]c(=O)c3c2)CC1. The third kappa shape index (κ3) is 3.45. The quantitative estimate of drug-likeness (QED) is 0.886. The van der Waals surface area contributed by atoms with Crippen molar-refractivity contribution < 1.29 is 9.84 Å². The first-order valence-corrected chi connectivity index (χ1v) is 7.66. The van der Waals surface area contributed by atoms with Crippen LogP contribution in [0.25, 0.3) is 10.9 Å². The highest BCUT2D eigenvalue weighted by molar-refractivity contribution is 5.78. The molecular formula is C16H21N3O3.